The van der Waals surface area contributed by atoms with Crippen LogP contribution in [0.3, 0.4) is 0 Å². The van der Waals surface area contributed by atoms with Crippen molar-refractivity contribution in [1.29, 1.82) is 0 Å². The van der Waals surface area contributed by atoms with Crippen molar-refractivity contribution in [2.45, 2.75) is 32.7 Å². The van der Waals surface area contributed by atoms with Crippen molar-refractivity contribution in [2.75, 3.05) is 26.2 Å². The first-order valence-electron chi connectivity index (χ1n) is 7.74. The molecule has 0 aromatic heterocycles. The summed E-state index contributed by atoms with van der Waals surface area (Å²) in [6, 6.07) is 10.8. The van der Waals surface area contributed by atoms with Crippen LogP contribution in [-0.2, 0) is 0 Å². The lowest BCUT2D eigenvalue weighted by molar-refractivity contribution is 0.188. The van der Waals surface area contributed by atoms with E-state index in [1.165, 1.54) is 32.5 Å². The van der Waals surface area contributed by atoms with E-state index in [-0.39, 0.29) is 0 Å². The van der Waals surface area contributed by atoms with Crippen molar-refractivity contribution in [3.05, 3.63) is 35.9 Å². The van der Waals surface area contributed by atoms with Gasteiger partial charge in [-0.25, -0.2) is 0 Å². The molecule has 0 amide bonds. The van der Waals surface area contributed by atoms with Gasteiger partial charge in [0.15, 0.2) is 0 Å². The largest absolute Gasteiger partial charge is 0.317 e. The molecule has 2 heteroatoms. The first-order chi connectivity index (χ1) is 9.75. The molecule has 0 saturated carbocycles. The van der Waals surface area contributed by atoms with Gasteiger partial charge < -0.3 is 5.32 Å². The topological polar surface area (TPSA) is 15.3 Å². The van der Waals surface area contributed by atoms with Gasteiger partial charge in [-0.1, -0.05) is 30.0 Å². The molecule has 0 radical (unpaired) electrons. The Morgan fingerprint density at radius 2 is 1.90 bits per heavy atom. The Bertz CT molecular complexity index is 435. The highest BCUT2D eigenvalue weighted by atomic mass is 15.1. The third-order valence-corrected chi connectivity index (χ3v) is 3.97. The Balaban J connectivity index is 1.87. The first-order valence-corrected chi connectivity index (χ1v) is 7.74. The van der Waals surface area contributed by atoms with Gasteiger partial charge in [0.2, 0.25) is 0 Å². The maximum Gasteiger partial charge on any atom is 0.0607 e. The summed E-state index contributed by atoms with van der Waals surface area (Å²) in [7, 11) is 0. The molecule has 20 heavy (non-hydrogen) atoms. The summed E-state index contributed by atoms with van der Waals surface area (Å²) < 4.78 is 0. The highest BCUT2D eigenvalue weighted by Crippen LogP contribution is 2.14. The highest BCUT2D eigenvalue weighted by molar-refractivity contribution is 5.33. The number of hydrogen-bond acceptors (Lipinski definition) is 2. The van der Waals surface area contributed by atoms with Gasteiger partial charge in [-0.3, -0.25) is 4.90 Å². The average Bonchev–Trinajstić information content (AvgIpc) is 2.48. The lowest BCUT2D eigenvalue weighted by atomic mass is 9.97. The normalized spacial score (nSPS) is 16.2. The fourth-order valence-electron chi connectivity index (χ4n) is 2.62. The van der Waals surface area contributed by atoms with Crippen LogP contribution in [0.1, 0.15) is 32.3 Å². The minimum Gasteiger partial charge on any atom is -0.317 e. The Morgan fingerprint density at radius 1 is 1.20 bits per heavy atom. The quantitative estimate of drug-likeness (QED) is 0.846. The van der Waals surface area contributed by atoms with E-state index in [4.69, 9.17) is 0 Å². The average molecular weight is 270 g/mol. The summed E-state index contributed by atoms with van der Waals surface area (Å²) in [6.45, 7) is 8.94. The minimum atomic E-state index is 0.565. The van der Waals surface area contributed by atoms with E-state index in [1.807, 2.05) is 18.2 Å². The van der Waals surface area contributed by atoms with Crippen molar-refractivity contribution < 1.29 is 0 Å². The van der Waals surface area contributed by atoms with E-state index >= 15 is 0 Å². The summed E-state index contributed by atoms with van der Waals surface area (Å²) in [6.07, 6.45) is 2.60. The lowest BCUT2D eigenvalue weighted by Gasteiger charge is -2.31. The molecule has 2 nitrogen and oxygen atoms in total. The predicted octanol–water partition coefficient (Wildman–Crippen LogP) is 2.75. The zero-order valence-corrected chi connectivity index (χ0v) is 12.7. The second-order valence-corrected chi connectivity index (χ2v) is 5.88. The molecule has 0 aliphatic carbocycles. The molecule has 1 aliphatic rings. The van der Waals surface area contributed by atoms with E-state index < -0.39 is 0 Å². The second kappa shape index (κ2) is 8.09. The summed E-state index contributed by atoms with van der Waals surface area (Å²) in [5, 5.41) is 3.44. The molecule has 1 saturated heterocycles. The minimum absolute atomic E-state index is 0.565. The van der Waals surface area contributed by atoms with E-state index in [0.717, 1.165) is 18.0 Å². The van der Waals surface area contributed by atoms with E-state index in [1.54, 1.807) is 0 Å². The van der Waals surface area contributed by atoms with Gasteiger partial charge in [0, 0.05) is 18.2 Å². The summed E-state index contributed by atoms with van der Waals surface area (Å²) in [5.74, 6) is 7.43. The second-order valence-electron chi connectivity index (χ2n) is 5.88. The number of nitrogens with one attached hydrogen (secondary N) is 1. The third kappa shape index (κ3) is 5.00. The van der Waals surface area contributed by atoms with Crippen LogP contribution in [-0.4, -0.2) is 37.1 Å². The zero-order valence-electron chi connectivity index (χ0n) is 12.7. The standard InChI is InChI=1S/C18H26N2/c1-16(2)20(15-18-10-12-19-13-11-18)14-6-9-17-7-4-3-5-8-17/h3-5,7-8,16,18-19H,10-15H2,1-2H3. The van der Waals surface area contributed by atoms with Crippen LogP contribution < -0.4 is 5.32 Å². The lowest BCUT2D eigenvalue weighted by Crippen LogP contribution is -2.39. The van der Waals surface area contributed by atoms with Crippen molar-refractivity contribution in [1.82, 2.24) is 10.2 Å². The van der Waals surface area contributed by atoms with Crippen molar-refractivity contribution >= 4 is 0 Å². The number of rotatable bonds is 4. The third-order valence-electron chi connectivity index (χ3n) is 3.97. The van der Waals surface area contributed by atoms with Crippen LogP contribution in [0, 0.1) is 17.8 Å². The molecule has 1 aromatic carbocycles. The van der Waals surface area contributed by atoms with Gasteiger partial charge in [0.05, 0.1) is 6.54 Å². The summed E-state index contributed by atoms with van der Waals surface area (Å²) >= 11 is 0. The van der Waals surface area contributed by atoms with Crippen LogP contribution in [0.2, 0.25) is 0 Å². The van der Waals surface area contributed by atoms with Crippen LogP contribution in [0.15, 0.2) is 30.3 Å². The Labute approximate surface area is 123 Å². The zero-order chi connectivity index (χ0) is 14.2. The molecule has 0 atom stereocenters. The monoisotopic (exact) mass is 270 g/mol. The van der Waals surface area contributed by atoms with Gasteiger partial charge in [-0.15, -0.1) is 0 Å². The molecule has 1 N–H and O–H groups in total. The van der Waals surface area contributed by atoms with Crippen LogP contribution >= 0.6 is 0 Å². The van der Waals surface area contributed by atoms with Gasteiger partial charge >= 0.3 is 0 Å². The van der Waals surface area contributed by atoms with Crippen molar-refractivity contribution in [3.8, 4) is 11.8 Å². The molecule has 1 aromatic rings. The Hall–Kier alpha value is -1.30. The van der Waals surface area contributed by atoms with E-state index in [2.05, 4.69) is 48.0 Å². The molecule has 0 bridgehead atoms. The number of piperidine rings is 1. The molecule has 108 valence electrons. The van der Waals surface area contributed by atoms with E-state index in [0.29, 0.717) is 6.04 Å². The maximum absolute atomic E-state index is 3.44. The van der Waals surface area contributed by atoms with Crippen LogP contribution in [0.5, 0.6) is 0 Å². The number of hydrogen-bond donors (Lipinski definition) is 1. The smallest absolute Gasteiger partial charge is 0.0607 e. The van der Waals surface area contributed by atoms with Gasteiger partial charge in [-0.05, 0) is 57.8 Å². The number of benzene rings is 1. The highest BCUT2D eigenvalue weighted by Gasteiger charge is 2.17. The fourth-order valence-corrected chi connectivity index (χ4v) is 2.62. The molecule has 1 heterocycles. The molecular formula is C18H26N2. The fraction of sp³-hybridized carbons (Fsp3) is 0.556. The summed E-state index contributed by atoms with van der Waals surface area (Å²) in [5.41, 5.74) is 1.11. The first kappa shape index (κ1) is 15.1. The van der Waals surface area contributed by atoms with Crippen molar-refractivity contribution in [2.24, 2.45) is 5.92 Å². The summed E-state index contributed by atoms with van der Waals surface area (Å²) in [4.78, 5) is 2.51. The van der Waals surface area contributed by atoms with Gasteiger partial charge in [-0.2, -0.15) is 0 Å². The molecule has 0 unspecified atom stereocenters. The molecular weight excluding hydrogens is 244 g/mol. The predicted molar refractivity (Wildman–Crippen MR) is 85.6 cm³/mol. The molecule has 1 aliphatic heterocycles. The maximum atomic E-state index is 3.44. The van der Waals surface area contributed by atoms with E-state index in [9.17, 15) is 0 Å². The molecule has 0 spiro atoms. The molecule has 2 rings (SSSR count). The van der Waals surface area contributed by atoms with Crippen LogP contribution in [0.25, 0.3) is 0 Å². The number of nitrogens with zero attached hydrogens (tertiary/aromatic N) is 1. The SMILES string of the molecule is CC(C)N(CC#Cc1ccccc1)CC1CCNCC1. The van der Waals surface area contributed by atoms with Gasteiger partial charge in [0.25, 0.3) is 0 Å². The Morgan fingerprint density at radius 3 is 2.55 bits per heavy atom. The van der Waals surface area contributed by atoms with Crippen LogP contribution in [0.4, 0.5) is 0 Å². The van der Waals surface area contributed by atoms with Gasteiger partial charge in [0.1, 0.15) is 0 Å². The Kier molecular flexibility index (Phi) is 6.11. The van der Waals surface area contributed by atoms with Crippen molar-refractivity contribution in [3.63, 3.8) is 0 Å². The molecule has 1 fully saturated rings.